The fourth-order valence-electron chi connectivity index (χ4n) is 2.37. The highest BCUT2D eigenvalue weighted by Crippen LogP contribution is 2.10. The van der Waals surface area contributed by atoms with Crippen molar-refractivity contribution in [2.75, 3.05) is 13.2 Å². The highest BCUT2D eigenvalue weighted by molar-refractivity contribution is 5.91. The van der Waals surface area contributed by atoms with Gasteiger partial charge in [-0.3, -0.25) is 4.79 Å². The molecule has 23 heavy (non-hydrogen) atoms. The highest BCUT2D eigenvalue weighted by Gasteiger charge is 2.15. The molecule has 0 aliphatic heterocycles. The van der Waals surface area contributed by atoms with Gasteiger partial charge in [0.15, 0.2) is 5.69 Å². The van der Waals surface area contributed by atoms with Crippen molar-refractivity contribution in [2.24, 2.45) is 5.73 Å². The molecule has 1 rings (SSSR count). The molecule has 0 bridgehead atoms. The van der Waals surface area contributed by atoms with Crippen LogP contribution >= 0.6 is 0 Å². The number of carbonyl (C=O) groups is 1. The molecule has 1 aromatic heterocycles. The summed E-state index contributed by atoms with van der Waals surface area (Å²) in [4.78, 5) is 15.8. The number of carbonyl (C=O) groups excluding carboxylic acids is 1. The van der Waals surface area contributed by atoms with Crippen LogP contribution < -0.4 is 11.1 Å². The Kier molecular flexibility index (Phi) is 10.3. The summed E-state index contributed by atoms with van der Waals surface area (Å²) in [6, 6.07) is -0.686. The molecule has 6 heteroatoms. The van der Waals surface area contributed by atoms with Gasteiger partial charge in [-0.05, 0) is 6.42 Å². The zero-order valence-electron chi connectivity index (χ0n) is 14.2. The summed E-state index contributed by atoms with van der Waals surface area (Å²) in [6.45, 7) is 2.61. The average Bonchev–Trinajstić information content (AvgIpc) is 3.05. The Bertz CT molecular complexity index is 434. The number of nitrogens with two attached hydrogens (primary N) is 1. The van der Waals surface area contributed by atoms with Crippen LogP contribution in [0, 0.1) is 0 Å². The lowest BCUT2D eigenvalue weighted by atomic mass is 10.1. The second-order valence-corrected chi connectivity index (χ2v) is 5.94. The zero-order chi connectivity index (χ0) is 16.9. The molecule has 0 fully saturated rings. The quantitative estimate of drug-likeness (QED) is 0.484. The van der Waals surface area contributed by atoms with E-state index < -0.39 is 6.04 Å². The summed E-state index contributed by atoms with van der Waals surface area (Å²) in [6.07, 6.45) is 12.5. The van der Waals surface area contributed by atoms with Gasteiger partial charge in [-0.25, -0.2) is 4.98 Å². The van der Waals surface area contributed by atoms with Crippen molar-refractivity contribution in [3.63, 3.8) is 0 Å². The van der Waals surface area contributed by atoms with Crippen molar-refractivity contribution in [1.82, 2.24) is 10.3 Å². The second kappa shape index (κ2) is 12.1. The Balaban J connectivity index is 2.05. The summed E-state index contributed by atoms with van der Waals surface area (Å²) >= 11 is 0. The molecule has 0 aliphatic rings. The van der Waals surface area contributed by atoms with E-state index in [0.717, 1.165) is 12.8 Å². The van der Waals surface area contributed by atoms with Gasteiger partial charge in [0, 0.05) is 6.54 Å². The molecule has 0 spiro atoms. The van der Waals surface area contributed by atoms with E-state index in [1.54, 1.807) is 0 Å². The van der Waals surface area contributed by atoms with Gasteiger partial charge in [0.05, 0.1) is 6.61 Å². The molecule has 1 aromatic rings. The van der Waals surface area contributed by atoms with Gasteiger partial charge >= 0.3 is 0 Å². The molecule has 1 atom stereocenters. The van der Waals surface area contributed by atoms with Crippen molar-refractivity contribution in [3.05, 3.63) is 17.8 Å². The number of rotatable bonds is 13. The number of amides is 1. The second-order valence-electron chi connectivity index (χ2n) is 5.94. The molecule has 0 aliphatic carbocycles. The van der Waals surface area contributed by atoms with Crippen molar-refractivity contribution in [2.45, 2.75) is 70.8 Å². The van der Waals surface area contributed by atoms with E-state index >= 15 is 0 Å². The third kappa shape index (κ3) is 8.13. The minimum absolute atomic E-state index is 0.181. The fourth-order valence-corrected chi connectivity index (χ4v) is 2.37. The molecule has 1 amide bonds. The van der Waals surface area contributed by atoms with Gasteiger partial charge in [-0.15, -0.1) is 0 Å². The summed E-state index contributed by atoms with van der Waals surface area (Å²) in [5.41, 5.74) is 5.78. The lowest BCUT2D eigenvalue weighted by Gasteiger charge is -2.04. The van der Waals surface area contributed by atoms with E-state index in [1.165, 1.54) is 51.2 Å². The first kappa shape index (κ1) is 19.6. The van der Waals surface area contributed by atoms with E-state index in [0.29, 0.717) is 6.54 Å². The number of aromatic nitrogens is 1. The summed E-state index contributed by atoms with van der Waals surface area (Å²) in [7, 11) is 0. The fraction of sp³-hybridized carbons (Fsp3) is 0.765. The molecule has 1 unspecified atom stereocenters. The minimum atomic E-state index is -0.686. The number of nitrogens with zero attached hydrogens (tertiary/aromatic N) is 1. The van der Waals surface area contributed by atoms with Crippen molar-refractivity contribution < 1.29 is 14.3 Å². The Hall–Kier alpha value is -1.40. The third-order valence-corrected chi connectivity index (χ3v) is 3.83. The topological polar surface area (TPSA) is 101 Å². The summed E-state index contributed by atoms with van der Waals surface area (Å²) in [5, 5.41) is 11.7. The number of oxazole rings is 1. The van der Waals surface area contributed by atoms with Crippen molar-refractivity contribution in [1.29, 1.82) is 0 Å². The lowest BCUT2D eigenvalue weighted by molar-refractivity contribution is 0.0948. The van der Waals surface area contributed by atoms with Crippen molar-refractivity contribution >= 4 is 5.91 Å². The number of aliphatic hydroxyl groups is 1. The SMILES string of the molecule is CCCCCCCCCCCNC(=O)c1coc(C(N)CO)n1. The highest BCUT2D eigenvalue weighted by atomic mass is 16.3. The Morgan fingerprint density at radius 1 is 1.22 bits per heavy atom. The molecule has 0 aromatic carbocycles. The standard InChI is InChI=1S/C17H31N3O3/c1-2-3-4-5-6-7-8-9-10-11-19-16(22)15-13-23-17(20-15)14(18)12-21/h13-14,21H,2-12,18H2,1H3,(H,19,22). The van der Waals surface area contributed by atoms with Crippen LogP contribution in [0.2, 0.25) is 0 Å². The number of nitrogens with one attached hydrogen (secondary N) is 1. The van der Waals surface area contributed by atoms with E-state index in [9.17, 15) is 4.79 Å². The molecule has 4 N–H and O–H groups in total. The first-order chi connectivity index (χ1) is 11.2. The van der Waals surface area contributed by atoms with Crippen LogP contribution in [0.25, 0.3) is 0 Å². The molecule has 132 valence electrons. The van der Waals surface area contributed by atoms with E-state index in [4.69, 9.17) is 15.3 Å². The first-order valence-electron chi connectivity index (χ1n) is 8.79. The number of hydrogen-bond acceptors (Lipinski definition) is 5. The van der Waals surface area contributed by atoms with Gasteiger partial charge < -0.3 is 20.6 Å². The largest absolute Gasteiger partial charge is 0.446 e. The van der Waals surface area contributed by atoms with Gasteiger partial charge in [-0.1, -0.05) is 58.3 Å². The van der Waals surface area contributed by atoms with Crippen molar-refractivity contribution in [3.8, 4) is 0 Å². The van der Waals surface area contributed by atoms with Crippen LogP contribution in [0.4, 0.5) is 0 Å². The van der Waals surface area contributed by atoms with Crippen LogP contribution in [0.15, 0.2) is 10.7 Å². The van der Waals surface area contributed by atoms with Crippen LogP contribution in [-0.2, 0) is 0 Å². The summed E-state index contributed by atoms with van der Waals surface area (Å²) in [5.74, 6) is -0.0783. The number of aliphatic hydroxyl groups excluding tert-OH is 1. The third-order valence-electron chi connectivity index (χ3n) is 3.83. The van der Waals surface area contributed by atoms with Crippen LogP contribution in [-0.4, -0.2) is 29.1 Å². The van der Waals surface area contributed by atoms with Crippen LogP contribution in [0.5, 0.6) is 0 Å². The first-order valence-corrected chi connectivity index (χ1v) is 8.79. The van der Waals surface area contributed by atoms with Gasteiger partial charge in [0.25, 0.3) is 5.91 Å². The van der Waals surface area contributed by atoms with E-state index in [1.807, 2.05) is 0 Å². The number of unbranched alkanes of at least 4 members (excludes halogenated alkanes) is 8. The van der Waals surface area contributed by atoms with Gasteiger partial charge in [0.1, 0.15) is 12.3 Å². The lowest BCUT2D eigenvalue weighted by Crippen LogP contribution is -2.25. The molecular formula is C17H31N3O3. The molecule has 0 radical (unpaired) electrons. The maximum atomic E-state index is 11.9. The van der Waals surface area contributed by atoms with E-state index in [-0.39, 0.29) is 24.1 Å². The smallest absolute Gasteiger partial charge is 0.273 e. The minimum Gasteiger partial charge on any atom is -0.446 e. The average molecular weight is 325 g/mol. The summed E-state index contributed by atoms with van der Waals surface area (Å²) < 4.78 is 5.08. The predicted octanol–water partition coefficient (Wildman–Crippen LogP) is 2.93. The Morgan fingerprint density at radius 2 is 1.83 bits per heavy atom. The van der Waals surface area contributed by atoms with Gasteiger partial charge in [0.2, 0.25) is 5.89 Å². The molecule has 6 nitrogen and oxygen atoms in total. The monoisotopic (exact) mass is 325 g/mol. The zero-order valence-corrected chi connectivity index (χ0v) is 14.2. The van der Waals surface area contributed by atoms with E-state index in [2.05, 4.69) is 17.2 Å². The molecule has 0 saturated carbocycles. The Morgan fingerprint density at radius 3 is 2.43 bits per heavy atom. The molecule has 1 heterocycles. The Labute approximate surface area is 138 Å². The predicted molar refractivity (Wildman–Crippen MR) is 90.1 cm³/mol. The number of hydrogen-bond donors (Lipinski definition) is 3. The maximum absolute atomic E-state index is 11.9. The van der Waals surface area contributed by atoms with Crippen LogP contribution in [0.3, 0.4) is 0 Å². The molecule has 0 saturated heterocycles. The van der Waals surface area contributed by atoms with Crippen LogP contribution in [0.1, 0.15) is 87.1 Å². The normalized spacial score (nSPS) is 12.3. The molecular weight excluding hydrogens is 294 g/mol. The maximum Gasteiger partial charge on any atom is 0.273 e. The van der Waals surface area contributed by atoms with Gasteiger partial charge in [-0.2, -0.15) is 0 Å².